The summed E-state index contributed by atoms with van der Waals surface area (Å²) in [6, 6.07) is 12.4. The minimum atomic E-state index is -1.07. The smallest absolute Gasteiger partial charge is 0.412 e. The average molecular weight is 557 g/mol. The largest absolute Gasteiger partial charge is 0.493 e. The fourth-order valence-electron chi connectivity index (χ4n) is 3.66. The number of carbonyl (C=O) groups excluding carboxylic acids is 1. The molecule has 0 aliphatic carbocycles. The minimum Gasteiger partial charge on any atom is -0.493 e. The molecule has 0 radical (unpaired) electrons. The lowest BCUT2D eigenvalue weighted by Crippen LogP contribution is -2.39. The summed E-state index contributed by atoms with van der Waals surface area (Å²) < 4.78 is 15.2. The van der Waals surface area contributed by atoms with Gasteiger partial charge in [-0.25, -0.2) is 4.79 Å². The molecular formula is C27H36N6O7. The molecule has 0 saturated carbocycles. The normalized spacial score (nSPS) is 11.7. The standard InChI is InChI=1S/C17H27N3O3.C10H9N3O4/c1-11(2)8-12(3)19-17(18)20-16(21)10-13-6-7-14(22-4)15(9-13)23-5;14-9(15)11-5-6-1-3-7(4-2-6)8-12-13-10(16)17-8/h6-7,9,11-12H,8,10H2,1-5H3,(H3,18,19,20,21);1-4,11H,5H2,(H,13,16)(H,14,15)/t12-;/m1./s1. The van der Waals surface area contributed by atoms with Gasteiger partial charge in [0.25, 0.3) is 11.8 Å². The Bertz CT molecular complexity index is 1270. The zero-order valence-electron chi connectivity index (χ0n) is 23.2. The van der Waals surface area contributed by atoms with Gasteiger partial charge >= 0.3 is 12.2 Å². The van der Waals surface area contributed by atoms with Gasteiger partial charge in [-0.05, 0) is 54.7 Å². The molecule has 0 bridgehead atoms. The van der Waals surface area contributed by atoms with Crippen molar-refractivity contribution < 1.29 is 33.7 Å². The van der Waals surface area contributed by atoms with Crippen LogP contribution in [0.15, 0.2) is 51.9 Å². The lowest BCUT2D eigenvalue weighted by Gasteiger charge is -2.16. The second kappa shape index (κ2) is 15.6. The van der Waals surface area contributed by atoms with Gasteiger partial charge < -0.3 is 40.5 Å². The van der Waals surface area contributed by atoms with Crippen molar-refractivity contribution >= 4 is 18.0 Å². The molecule has 3 aromatic rings. The number of guanidine groups is 1. The van der Waals surface area contributed by atoms with Crippen molar-refractivity contribution in [3.8, 4) is 29.0 Å². The van der Waals surface area contributed by atoms with Crippen LogP contribution in [-0.4, -0.2) is 58.6 Å². The number of nitrogens with one attached hydrogen (secondary N) is 2. The zero-order chi connectivity index (χ0) is 29.7. The molecule has 0 aliphatic heterocycles. The first-order valence-corrected chi connectivity index (χ1v) is 12.4. The molecule has 1 aromatic heterocycles. The number of nitrogens with two attached hydrogens (primary N) is 1. The maximum absolute atomic E-state index is 12.0. The van der Waals surface area contributed by atoms with Crippen LogP contribution in [0.5, 0.6) is 17.6 Å². The van der Waals surface area contributed by atoms with Gasteiger partial charge in [0.1, 0.15) is 0 Å². The van der Waals surface area contributed by atoms with Crippen molar-refractivity contribution in [1.82, 2.24) is 20.8 Å². The van der Waals surface area contributed by atoms with Crippen LogP contribution in [0.1, 0.15) is 38.3 Å². The lowest BCUT2D eigenvalue weighted by atomic mass is 10.1. The number of ether oxygens (including phenoxy) is 2. The Morgan fingerprint density at radius 1 is 1.02 bits per heavy atom. The van der Waals surface area contributed by atoms with Crippen LogP contribution in [0.3, 0.4) is 0 Å². The number of rotatable bonds is 10. The molecule has 1 heterocycles. The fraction of sp³-hybridized carbons (Fsp3) is 0.370. The maximum atomic E-state index is 12.0. The first-order valence-electron chi connectivity index (χ1n) is 12.4. The van der Waals surface area contributed by atoms with Crippen LogP contribution in [0, 0.1) is 5.92 Å². The van der Waals surface area contributed by atoms with Crippen molar-refractivity contribution in [3.63, 3.8) is 0 Å². The molecule has 0 unspecified atom stereocenters. The molecule has 1 atom stereocenters. The summed E-state index contributed by atoms with van der Waals surface area (Å²) in [6.45, 7) is 6.51. The van der Waals surface area contributed by atoms with E-state index in [9.17, 15) is 9.59 Å². The third-order valence-electron chi connectivity index (χ3n) is 5.33. The van der Waals surface area contributed by atoms with Gasteiger partial charge in [-0.3, -0.25) is 4.79 Å². The fourth-order valence-corrected chi connectivity index (χ4v) is 3.66. The molecule has 0 fully saturated rings. The van der Waals surface area contributed by atoms with Gasteiger partial charge in [0.2, 0.25) is 0 Å². The lowest BCUT2D eigenvalue weighted by molar-refractivity contribution is -0.117. The van der Waals surface area contributed by atoms with Crippen LogP contribution >= 0.6 is 0 Å². The SMILES string of the molecule is COc1ccc(CC(=O)N=C(N)N[C@H](C)CC(C)C)cc1OC.O=C(O)NCc1ccc(-c2nnc(O)o2)cc1. The number of carboxylic acid groups (broad SMARTS) is 1. The Labute approximate surface area is 232 Å². The van der Waals surface area contributed by atoms with Crippen molar-refractivity contribution in [2.24, 2.45) is 16.6 Å². The highest BCUT2D eigenvalue weighted by atomic mass is 16.5. The molecule has 6 N–H and O–H groups in total. The van der Waals surface area contributed by atoms with Crippen LogP contribution in [0.25, 0.3) is 11.5 Å². The van der Waals surface area contributed by atoms with E-state index in [0.29, 0.717) is 23.0 Å². The number of aromatic hydroxyl groups is 1. The van der Waals surface area contributed by atoms with Crippen molar-refractivity contribution in [2.75, 3.05) is 14.2 Å². The third kappa shape index (κ3) is 10.9. The summed E-state index contributed by atoms with van der Waals surface area (Å²) in [6.07, 6.45) is -0.450. The summed E-state index contributed by atoms with van der Waals surface area (Å²) in [5.41, 5.74) is 8.03. The quantitative estimate of drug-likeness (QED) is 0.181. The summed E-state index contributed by atoms with van der Waals surface area (Å²) in [5.74, 6) is 1.81. The number of hydrogen-bond donors (Lipinski definition) is 5. The predicted octanol–water partition coefficient (Wildman–Crippen LogP) is 3.32. The molecule has 2 aromatic carbocycles. The van der Waals surface area contributed by atoms with Gasteiger partial charge in [0.05, 0.1) is 20.6 Å². The monoisotopic (exact) mass is 556 g/mol. The molecule has 13 nitrogen and oxygen atoms in total. The van der Waals surface area contributed by atoms with E-state index in [0.717, 1.165) is 17.5 Å². The van der Waals surface area contributed by atoms with Gasteiger partial charge in [-0.15, -0.1) is 5.10 Å². The first kappa shape index (κ1) is 31.4. The molecule has 0 spiro atoms. The van der Waals surface area contributed by atoms with E-state index < -0.39 is 12.2 Å². The van der Waals surface area contributed by atoms with Crippen molar-refractivity contribution in [2.45, 2.75) is 46.2 Å². The Hall–Kier alpha value is -4.81. The highest BCUT2D eigenvalue weighted by Gasteiger charge is 2.10. The second-order valence-electron chi connectivity index (χ2n) is 9.18. The number of nitrogens with zero attached hydrogens (tertiary/aromatic N) is 3. The molecule has 13 heteroatoms. The predicted molar refractivity (Wildman–Crippen MR) is 148 cm³/mol. The van der Waals surface area contributed by atoms with Crippen LogP contribution in [0.4, 0.5) is 4.79 Å². The Morgan fingerprint density at radius 3 is 2.23 bits per heavy atom. The van der Waals surface area contributed by atoms with Crippen LogP contribution < -0.4 is 25.8 Å². The molecule has 0 saturated heterocycles. The highest BCUT2D eigenvalue weighted by molar-refractivity contribution is 5.93. The molecule has 0 aliphatic rings. The number of benzene rings is 2. The summed E-state index contributed by atoms with van der Waals surface area (Å²) in [5, 5.41) is 29.6. The summed E-state index contributed by atoms with van der Waals surface area (Å²) in [7, 11) is 3.12. The van der Waals surface area contributed by atoms with E-state index in [-0.39, 0.29) is 36.8 Å². The van der Waals surface area contributed by atoms with Crippen molar-refractivity contribution in [3.05, 3.63) is 53.6 Å². The van der Waals surface area contributed by atoms with Crippen LogP contribution in [-0.2, 0) is 17.8 Å². The van der Waals surface area contributed by atoms with Crippen LogP contribution in [0.2, 0.25) is 0 Å². The molecule has 2 amide bonds. The van der Waals surface area contributed by atoms with Crippen molar-refractivity contribution in [1.29, 1.82) is 0 Å². The maximum Gasteiger partial charge on any atom is 0.412 e. The van der Waals surface area contributed by atoms with E-state index in [1.54, 1.807) is 56.7 Å². The van der Waals surface area contributed by atoms with E-state index in [4.69, 9.17) is 29.8 Å². The number of aliphatic imine (C=N–C) groups is 1. The summed E-state index contributed by atoms with van der Waals surface area (Å²) in [4.78, 5) is 26.2. The van der Waals surface area contributed by atoms with E-state index in [1.165, 1.54) is 0 Å². The molecule has 3 rings (SSSR count). The summed E-state index contributed by atoms with van der Waals surface area (Å²) >= 11 is 0. The topological polar surface area (TPSA) is 194 Å². The average Bonchev–Trinajstić information content (AvgIpc) is 3.33. The highest BCUT2D eigenvalue weighted by Crippen LogP contribution is 2.27. The number of carbonyl (C=O) groups is 2. The number of aromatic nitrogens is 2. The molecule has 216 valence electrons. The van der Waals surface area contributed by atoms with E-state index in [1.807, 2.05) is 6.92 Å². The molecule has 40 heavy (non-hydrogen) atoms. The Morgan fingerprint density at radius 2 is 1.68 bits per heavy atom. The van der Waals surface area contributed by atoms with Gasteiger partial charge in [-0.2, -0.15) is 4.99 Å². The third-order valence-corrected chi connectivity index (χ3v) is 5.33. The first-order chi connectivity index (χ1) is 19.0. The van der Waals surface area contributed by atoms with Gasteiger partial charge in [0, 0.05) is 18.2 Å². The molecular weight excluding hydrogens is 520 g/mol. The number of methoxy groups -OCH3 is 2. The second-order valence-corrected chi connectivity index (χ2v) is 9.18. The Kier molecular flexibility index (Phi) is 12.2. The Balaban J connectivity index is 0.000000292. The number of hydrogen-bond acceptors (Lipinski definition) is 8. The van der Waals surface area contributed by atoms with E-state index in [2.05, 4.69) is 39.7 Å². The zero-order valence-corrected chi connectivity index (χ0v) is 23.2. The number of amides is 2. The van der Waals surface area contributed by atoms with E-state index >= 15 is 0 Å². The van der Waals surface area contributed by atoms with Gasteiger partial charge in [-0.1, -0.05) is 37.1 Å². The van der Waals surface area contributed by atoms with Gasteiger partial charge in [0.15, 0.2) is 17.5 Å². The minimum absolute atomic E-state index is 0.154.